The first-order chi connectivity index (χ1) is 20.0. The second kappa shape index (κ2) is 11.1. The Hall–Kier alpha value is -5.30. The maximum atomic E-state index is 14.1. The van der Waals surface area contributed by atoms with Gasteiger partial charge < -0.3 is 4.74 Å². The van der Waals surface area contributed by atoms with Crippen molar-refractivity contribution in [2.75, 3.05) is 0 Å². The minimum atomic E-state index is -0.690. The van der Waals surface area contributed by atoms with Crippen LogP contribution in [0.1, 0.15) is 39.6 Å². The Morgan fingerprint density at radius 1 is 0.610 bits per heavy atom. The molecule has 7 nitrogen and oxygen atoms in total. The molecule has 0 aliphatic rings. The van der Waals surface area contributed by atoms with Gasteiger partial charge in [0, 0.05) is 17.0 Å². The van der Waals surface area contributed by atoms with Crippen molar-refractivity contribution >= 4 is 0 Å². The first kappa shape index (κ1) is 26.0. The number of aromatic amines is 2. The number of rotatable bonds is 8. The molecular weight excluding hydrogens is 512 g/mol. The number of aryl methyl sites for hydroxylation is 2. The zero-order valence-electron chi connectivity index (χ0n) is 22.9. The normalized spacial score (nSPS) is 11.2. The minimum Gasteiger partial charge on any atom is -0.489 e. The molecule has 4 aromatic carbocycles. The SMILES string of the molecule is Cc1[nH]n(-c2ccccc2)c(=O)c1C(c1ccccc1OCc1ccccc1)c1c(C)[nH]n(-c2ccccc2)c1=O. The quantitative estimate of drug-likeness (QED) is 0.247. The third-order valence-corrected chi connectivity index (χ3v) is 7.31. The van der Waals surface area contributed by atoms with Crippen LogP contribution in [0.15, 0.2) is 125 Å². The summed E-state index contributed by atoms with van der Waals surface area (Å²) < 4.78 is 9.41. The van der Waals surface area contributed by atoms with Gasteiger partial charge in [-0.2, -0.15) is 0 Å². The molecule has 0 bridgehead atoms. The van der Waals surface area contributed by atoms with E-state index >= 15 is 0 Å². The molecule has 41 heavy (non-hydrogen) atoms. The fourth-order valence-corrected chi connectivity index (χ4v) is 5.36. The van der Waals surface area contributed by atoms with Crippen LogP contribution in [0.5, 0.6) is 5.75 Å². The van der Waals surface area contributed by atoms with Crippen LogP contribution in [0.25, 0.3) is 11.4 Å². The Morgan fingerprint density at radius 3 is 1.56 bits per heavy atom. The van der Waals surface area contributed by atoms with Gasteiger partial charge in [-0.15, -0.1) is 0 Å². The zero-order chi connectivity index (χ0) is 28.3. The predicted octanol–water partition coefficient (Wildman–Crippen LogP) is 6.02. The first-order valence-corrected chi connectivity index (χ1v) is 13.5. The molecule has 0 atom stereocenters. The van der Waals surface area contributed by atoms with E-state index in [1.54, 1.807) is 0 Å². The lowest BCUT2D eigenvalue weighted by Gasteiger charge is -2.20. The van der Waals surface area contributed by atoms with Crippen molar-refractivity contribution in [1.82, 2.24) is 19.6 Å². The van der Waals surface area contributed by atoms with Gasteiger partial charge >= 0.3 is 0 Å². The first-order valence-electron chi connectivity index (χ1n) is 13.5. The van der Waals surface area contributed by atoms with Gasteiger partial charge in [-0.1, -0.05) is 84.9 Å². The fourth-order valence-electron chi connectivity index (χ4n) is 5.36. The highest BCUT2D eigenvalue weighted by atomic mass is 16.5. The van der Waals surface area contributed by atoms with Crippen LogP contribution in [0, 0.1) is 13.8 Å². The van der Waals surface area contributed by atoms with E-state index in [0.717, 1.165) is 11.1 Å². The molecule has 0 aliphatic heterocycles. The van der Waals surface area contributed by atoms with E-state index in [0.29, 0.717) is 46.2 Å². The summed E-state index contributed by atoms with van der Waals surface area (Å²) in [5, 5.41) is 6.50. The molecule has 6 aromatic rings. The largest absolute Gasteiger partial charge is 0.489 e. The molecule has 2 heterocycles. The number of benzene rings is 4. The Balaban J connectivity index is 1.56. The summed E-state index contributed by atoms with van der Waals surface area (Å²) in [7, 11) is 0. The molecule has 2 N–H and O–H groups in total. The van der Waals surface area contributed by atoms with Crippen molar-refractivity contribution in [3.63, 3.8) is 0 Å². The number of H-pyrrole nitrogens is 2. The van der Waals surface area contributed by atoms with Crippen LogP contribution in [0.2, 0.25) is 0 Å². The van der Waals surface area contributed by atoms with Gasteiger partial charge in [-0.25, -0.2) is 9.36 Å². The molecule has 0 spiro atoms. The molecular formula is C34H30N4O3. The number of aromatic nitrogens is 4. The molecule has 0 unspecified atom stereocenters. The van der Waals surface area contributed by atoms with E-state index < -0.39 is 5.92 Å². The lowest BCUT2D eigenvalue weighted by Crippen LogP contribution is -2.25. The molecule has 0 saturated heterocycles. The molecule has 0 saturated carbocycles. The van der Waals surface area contributed by atoms with Crippen LogP contribution in [-0.4, -0.2) is 19.6 Å². The number of ether oxygens (including phenoxy) is 1. The van der Waals surface area contributed by atoms with E-state index in [2.05, 4.69) is 10.2 Å². The van der Waals surface area contributed by atoms with Gasteiger partial charge in [0.25, 0.3) is 11.1 Å². The number of nitrogens with zero attached hydrogens (tertiary/aromatic N) is 2. The third-order valence-electron chi connectivity index (χ3n) is 7.31. The molecule has 204 valence electrons. The van der Waals surface area contributed by atoms with Crippen LogP contribution in [-0.2, 0) is 6.61 Å². The molecule has 0 radical (unpaired) electrons. The van der Waals surface area contributed by atoms with E-state index in [1.165, 1.54) is 9.36 Å². The van der Waals surface area contributed by atoms with Crippen LogP contribution in [0.4, 0.5) is 0 Å². The Bertz CT molecular complexity index is 1800. The lowest BCUT2D eigenvalue weighted by atomic mass is 9.84. The predicted molar refractivity (Wildman–Crippen MR) is 160 cm³/mol. The van der Waals surface area contributed by atoms with Crippen molar-refractivity contribution in [3.05, 3.63) is 170 Å². The van der Waals surface area contributed by atoms with Crippen LogP contribution in [0.3, 0.4) is 0 Å². The highest BCUT2D eigenvalue weighted by Crippen LogP contribution is 2.37. The standard InChI is InChI=1S/C34H30N4O3/c1-23-30(33(39)37(35-23)26-16-8-4-9-17-26)32(31-24(2)36-38(34(31)40)27-18-10-5-11-19-27)28-20-12-13-21-29(28)41-22-25-14-6-3-7-15-25/h3-21,32,35-36H,22H2,1-2H3. The zero-order valence-corrected chi connectivity index (χ0v) is 22.9. The van der Waals surface area contributed by atoms with Crippen LogP contribution < -0.4 is 15.9 Å². The van der Waals surface area contributed by atoms with Crippen molar-refractivity contribution in [2.24, 2.45) is 0 Å². The van der Waals surface area contributed by atoms with Gasteiger partial charge in [0.05, 0.1) is 28.4 Å². The van der Waals surface area contributed by atoms with Gasteiger partial charge in [-0.05, 0) is 49.7 Å². The van der Waals surface area contributed by atoms with Crippen molar-refractivity contribution in [2.45, 2.75) is 26.4 Å². The molecule has 0 fully saturated rings. The molecule has 2 aromatic heterocycles. The topological polar surface area (TPSA) is 84.8 Å². The average molecular weight is 543 g/mol. The minimum absolute atomic E-state index is 0.220. The Morgan fingerprint density at radius 2 is 1.05 bits per heavy atom. The maximum Gasteiger partial charge on any atom is 0.275 e. The Kier molecular flexibility index (Phi) is 7.00. The van der Waals surface area contributed by atoms with E-state index in [1.807, 2.05) is 129 Å². The molecule has 7 heteroatoms. The molecule has 6 rings (SSSR count). The number of para-hydroxylation sites is 3. The summed E-state index contributed by atoms with van der Waals surface area (Å²) in [5.41, 5.74) is 5.08. The second-order valence-electron chi connectivity index (χ2n) is 10.00. The summed E-state index contributed by atoms with van der Waals surface area (Å²) in [6.45, 7) is 4.09. The third kappa shape index (κ3) is 4.94. The summed E-state index contributed by atoms with van der Waals surface area (Å²) in [5.74, 6) is -0.0803. The fraction of sp³-hybridized carbons (Fsp3) is 0.118. The second-order valence-corrected chi connectivity index (χ2v) is 10.00. The lowest BCUT2D eigenvalue weighted by molar-refractivity contribution is 0.302. The van der Waals surface area contributed by atoms with E-state index in [4.69, 9.17) is 4.74 Å². The highest BCUT2D eigenvalue weighted by molar-refractivity contribution is 5.52. The van der Waals surface area contributed by atoms with Crippen molar-refractivity contribution in [1.29, 1.82) is 0 Å². The van der Waals surface area contributed by atoms with Gasteiger partial charge in [-0.3, -0.25) is 19.8 Å². The summed E-state index contributed by atoms with van der Waals surface area (Å²) in [6, 6.07) is 36.4. The summed E-state index contributed by atoms with van der Waals surface area (Å²) >= 11 is 0. The summed E-state index contributed by atoms with van der Waals surface area (Å²) in [4.78, 5) is 28.3. The monoisotopic (exact) mass is 542 g/mol. The van der Waals surface area contributed by atoms with Crippen molar-refractivity contribution < 1.29 is 4.74 Å². The van der Waals surface area contributed by atoms with Gasteiger partial charge in [0.2, 0.25) is 0 Å². The van der Waals surface area contributed by atoms with Crippen LogP contribution >= 0.6 is 0 Å². The van der Waals surface area contributed by atoms with E-state index in [-0.39, 0.29) is 11.1 Å². The average Bonchev–Trinajstić information content (AvgIpc) is 3.48. The molecule has 0 aliphatic carbocycles. The van der Waals surface area contributed by atoms with Crippen molar-refractivity contribution in [3.8, 4) is 17.1 Å². The highest BCUT2D eigenvalue weighted by Gasteiger charge is 2.32. The Labute approximate surface area is 237 Å². The van der Waals surface area contributed by atoms with Gasteiger partial charge in [0.15, 0.2) is 0 Å². The number of hydrogen-bond donors (Lipinski definition) is 2. The smallest absolute Gasteiger partial charge is 0.275 e. The number of nitrogens with one attached hydrogen (secondary N) is 2. The number of hydrogen-bond acceptors (Lipinski definition) is 3. The van der Waals surface area contributed by atoms with Gasteiger partial charge in [0.1, 0.15) is 12.4 Å². The maximum absolute atomic E-state index is 14.1. The summed E-state index contributed by atoms with van der Waals surface area (Å²) in [6.07, 6.45) is 0. The van der Waals surface area contributed by atoms with E-state index in [9.17, 15) is 9.59 Å². The molecule has 0 amide bonds.